The molecule has 20 heavy (non-hydrogen) atoms. The molecule has 1 saturated carbocycles. The lowest BCUT2D eigenvalue weighted by Gasteiger charge is -2.23. The van der Waals surface area contributed by atoms with Crippen LogP contribution in [0.5, 0.6) is 0 Å². The largest absolute Gasteiger partial charge is 0.350 e. The molecule has 0 bridgehead atoms. The highest BCUT2D eigenvalue weighted by molar-refractivity contribution is 5.87. The molecule has 1 aromatic carbocycles. The monoisotopic (exact) mass is 274 g/mol. The normalized spacial score (nSPS) is 16.6. The van der Waals surface area contributed by atoms with Crippen molar-refractivity contribution in [3.63, 3.8) is 0 Å². The van der Waals surface area contributed by atoms with Crippen molar-refractivity contribution >= 4 is 11.8 Å². The third-order valence-corrected chi connectivity index (χ3v) is 3.82. The van der Waals surface area contributed by atoms with Gasteiger partial charge in [-0.15, -0.1) is 0 Å². The smallest absolute Gasteiger partial charge is 0.243 e. The molecule has 4 nitrogen and oxygen atoms in total. The standard InChI is InChI=1S/C16H22N2O2/c1-12(19)18-15(14-9-5-6-10-14)16(20)17-11-13-7-3-2-4-8-13/h2-4,7-8,14-15H,5-6,9-11H2,1H3,(H,17,20)(H,18,19)/t15-/m1/s1. The van der Waals surface area contributed by atoms with Gasteiger partial charge in [0, 0.05) is 13.5 Å². The molecule has 1 aliphatic carbocycles. The number of carbonyl (C=O) groups excluding carboxylic acids is 2. The van der Waals surface area contributed by atoms with Crippen LogP contribution in [-0.4, -0.2) is 17.9 Å². The van der Waals surface area contributed by atoms with E-state index in [4.69, 9.17) is 0 Å². The van der Waals surface area contributed by atoms with E-state index in [1.54, 1.807) is 0 Å². The van der Waals surface area contributed by atoms with Gasteiger partial charge in [0.1, 0.15) is 6.04 Å². The topological polar surface area (TPSA) is 58.2 Å². The first kappa shape index (κ1) is 14.6. The van der Waals surface area contributed by atoms with Gasteiger partial charge in [0.15, 0.2) is 0 Å². The number of carbonyl (C=O) groups is 2. The van der Waals surface area contributed by atoms with Crippen molar-refractivity contribution in [2.24, 2.45) is 5.92 Å². The Balaban J connectivity index is 1.93. The van der Waals surface area contributed by atoms with Crippen LogP contribution in [0.2, 0.25) is 0 Å². The summed E-state index contributed by atoms with van der Waals surface area (Å²) >= 11 is 0. The van der Waals surface area contributed by atoms with Gasteiger partial charge in [0.2, 0.25) is 11.8 Å². The Labute approximate surface area is 119 Å². The van der Waals surface area contributed by atoms with E-state index in [0.29, 0.717) is 6.54 Å². The number of hydrogen-bond acceptors (Lipinski definition) is 2. The van der Waals surface area contributed by atoms with E-state index in [-0.39, 0.29) is 17.7 Å². The molecule has 0 aromatic heterocycles. The van der Waals surface area contributed by atoms with Crippen LogP contribution in [0.4, 0.5) is 0 Å². The van der Waals surface area contributed by atoms with Crippen LogP contribution in [0.25, 0.3) is 0 Å². The van der Waals surface area contributed by atoms with Crippen molar-refractivity contribution in [2.75, 3.05) is 0 Å². The van der Waals surface area contributed by atoms with Gasteiger partial charge in [-0.25, -0.2) is 0 Å². The van der Waals surface area contributed by atoms with E-state index in [0.717, 1.165) is 31.2 Å². The maximum atomic E-state index is 12.3. The van der Waals surface area contributed by atoms with Crippen LogP contribution >= 0.6 is 0 Å². The Morgan fingerprint density at radius 2 is 1.85 bits per heavy atom. The molecular formula is C16H22N2O2. The van der Waals surface area contributed by atoms with E-state index in [1.807, 2.05) is 30.3 Å². The second-order valence-corrected chi connectivity index (χ2v) is 5.43. The predicted octanol–water partition coefficient (Wildman–Crippen LogP) is 2.00. The van der Waals surface area contributed by atoms with Crippen LogP contribution in [0.3, 0.4) is 0 Å². The molecular weight excluding hydrogens is 252 g/mol. The van der Waals surface area contributed by atoms with Crippen molar-refractivity contribution in [3.8, 4) is 0 Å². The summed E-state index contributed by atoms with van der Waals surface area (Å²) in [5.74, 6) is 0.0578. The summed E-state index contributed by atoms with van der Waals surface area (Å²) in [5.41, 5.74) is 1.06. The summed E-state index contributed by atoms with van der Waals surface area (Å²) in [6.45, 7) is 1.97. The lowest BCUT2D eigenvalue weighted by molar-refractivity contribution is -0.129. The van der Waals surface area contributed by atoms with Gasteiger partial charge in [-0.2, -0.15) is 0 Å². The minimum absolute atomic E-state index is 0.0732. The Morgan fingerprint density at radius 3 is 2.45 bits per heavy atom. The lowest BCUT2D eigenvalue weighted by atomic mass is 9.97. The van der Waals surface area contributed by atoms with Crippen molar-refractivity contribution in [2.45, 2.75) is 45.2 Å². The molecule has 108 valence electrons. The molecule has 1 fully saturated rings. The van der Waals surface area contributed by atoms with Crippen LogP contribution in [-0.2, 0) is 16.1 Å². The second-order valence-electron chi connectivity index (χ2n) is 5.43. The molecule has 1 aromatic rings. The average Bonchev–Trinajstić information content (AvgIpc) is 2.97. The van der Waals surface area contributed by atoms with Crippen molar-refractivity contribution in [3.05, 3.63) is 35.9 Å². The van der Waals surface area contributed by atoms with E-state index in [2.05, 4.69) is 10.6 Å². The van der Waals surface area contributed by atoms with Gasteiger partial charge in [0.25, 0.3) is 0 Å². The van der Waals surface area contributed by atoms with Gasteiger partial charge >= 0.3 is 0 Å². The fourth-order valence-electron chi connectivity index (χ4n) is 2.80. The molecule has 1 atom stereocenters. The van der Waals surface area contributed by atoms with E-state index in [9.17, 15) is 9.59 Å². The van der Waals surface area contributed by atoms with Crippen molar-refractivity contribution < 1.29 is 9.59 Å². The lowest BCUT2D eigenvalue weighted by Crippen LogP contribution is -2.49. The minimum Gasteiger partial charge on any atom is -0.350 e. The quantitative estimate of drug-likeness (QED) is 0.862. The van der Waals surface area contributed by atoms with E-state index >= 15 is 0 Å². The Hall–Kier alpha value is -1.84. The van der Waals surface area contributed by atoms with Crippen LogP contribution in [0.1, 0.15) is 38.2 Å². The van der Waals surface area contributed by atoms with E-state index in [1.165, 1.54) is 6.92 Å². The summed E-state index contributed by atoms with van der Waals surface area (Å²) in [4.78, 5) is 23.6. The molecule has 0 radical (unpaired) electrons. The number of benzene rings is 1. The maximum Gasteiger partial charge on any atom is 0.243 e. The first-order valence-corrected chi connectivity index (χ1v) is 7.25. The average molecular weight is 274 g/mol. The fourth-order valence-corrected chi connectivity index (χ4v) is 2.80. The highest BCUT2D eigenvalue weighted by atomic mass is 16.2. The molecule has 4 heteroatoms. The molecule has 1 aliphatic rings. The third-order valence-electron chi connectivity index (χ3n) is 3.82. The summed E-state index contributed by atoms with van der Waals surface area (Å²) < 4.78 is 0. The highest BCUT2D eigenvalue weighted by Gasteiger charge is 2.30. The fraction of sp³-hybridized carbons (Fsp3) is 0.500. The summed E-state index contributed by atoms with van der Waals surface area (Å²) in [6, 6.07) is 9.41. The predicted molar refractivity (Wildman–Crippen MR) is 77.9 cm³/mol. The Morgan fingerprint density at radius 1 is 1.20 bits per heavy atom. The zero-order chi connectivity index (χ0) is 14.4. The number of hydrogen-bond donors (Lipinski definition) is 2. The zero-order valence-corrected chi connectivity index (χ0v) is 11.9. The first-order chi connectivity index (χ1) is 9.66. The van der Waals surface area contributed by atoms with Crippen LogP contribution in [0.15, 0.2) is 30.3 Å². The van der Waals surface area contributed by atoms with Crippen molar-refractivity contribution in [1.82, 2.24) is 10.6 Å². The highest BCUT2D eigenvalue weighted by Crippen LogP contribution is 2.27. The Kier molecular flexibility index (Phi) is 5.16. The molecule has 0 heterocycles. The third kappa shape index (κ3) is 4.08. The van der Waals surface area contributed by atoms with Crippen molar-refractivity contribution in [1.29, 1.82) is 0 Å². The molecule has 2 N–H and O–H groups in total. The van der Waals surface area contributed by atoms with Crippen LogP contribution < -0.4 is 10.6 Å². The second kappa shape index (κ2) is 7.08. The van der Waals surface area contributed by atoms with Gasteiger partial charge in [-0.3, -0.25) is 9.59 Å². The molecule has 2 rings (SSSR count). The molecule has 2 amide bonds. The molecule has 0 spiro atoms. The first-order valence-electron chi connectivity index (χ1n) is 7.25. The summed E-state index contributed by atoms with van der Waals surface area (Å²) in [5, 5.41) is 5.73. The van der Waals surface area contributed by atoms with Gasteiger partial charge in [-0.05, 0) is 24.3 Å². The van der Waals surface area contributed by atoms with Gasteiger partial charge in [-0.1, -0.05) is 43.2 Å². The van der Waals surface area contributed by atoms with Gasteiger partial charge < -0.3 is 10.6 Å². The van der Waals surface area contributed by atoms with E-state index < -0.39 is 6.04 Å². The Bertz CT molecular complexity index is 453. The van der Waals surface area contributed by atoms with Crippen LogP contribution in [0, 0.1) is 5.92 Å². The number of nitrogens with one attached hydrogen (secondary N) is 2. The summed E-state index contributed by atoms with van der Waals surface area (Å²) in [6.07, 6.45) is 4.33. The van der Waals surface area contributed by atoms with Gasteiger partial charge in [0.05, 0.1) is 0 Å². The number of rotatable bonds is 5. The summed E-state index contributed by atoms with van der Waals surface area (Å²) in [7, 11) is 0. The maximum absolute atomic E-state index is 12.3. The molecule has 0 unspecified atom stereocenters. The minimum atomic E-state index is -0.390. The molecule has 0 saturated heterocycles. The SMILES string of the molecule is CC(=O)N[C@@H](C(=O)NCc1ccccc1)C1CCCC1. The molecule has 0 aliphatic heterocycles. The number of amides is 2. The zero-order valence-electron chi connectivity index (χ0n) is 11.9.